The number of hydrogen-bond acceptors (Lipinski definition) is 0. The third-order valence-electron chi connectivity index (χ3n) is 2.84. The van der Waals surface area contributed by atoms with Gasteiger partial charge in [-0.2, -0.15) is 0 Å². The summed E-state index contributed by atoms with van der Waals surface area (Å²) in [7, 11) is 0.972. The third kappa shape index (κ3) is 4.57. The third-order valence-corrected chi connectivity index (χ3v) is 4.18. The van der Waals surface area contributed by atoms with E-state index in [1.54, 1.807) is 0 Å². The molecule has 0 aliphatic rings. The van der Waals surface area contributed by atoms with Crippen molar-refractivity contribution < 1.29 is 0 Å². The standard InChI is InChI=1S/C16H18Si/c1-3-9-15(10-4-1)11-7-8-14-17-16-12-5-2-6-13-16/h1-6,9-10,12-13H,7-8,11,14H2. The van der Waals surface area contributed by atoms with Gasteiger partial charge in [-0.25, -0.2) is 0 Å². The molecule has 0 aliphatic carbocycles. The quantitative estimate of drug-likeness (QED) is 0.534. The Morgan fingerprint density at radius 2 is 1.35 bits per heavy atom. The van der Waals surface area contributed by atoms with Crippen molar-refractivity contribution >= 4 is 14.7 Å². The summed E-state index contributed by atoms with van der Waals surface area (Å²) < 4.78 is 0. The van der Waals surface area contributed by atoms with Crippen LogP contribution in [0.2, 0.25) is 6.04 Å². The first-order valence-corrected chi connectivity index (χ1v) is 7.49. The molecule has 2 aromatic carbocycles. The van der Waals surface area contributed by atoms with Gasteiger partial charge in [-0.05, 0) is 18.4 Å². The highest BCUT2D eigenvalue weighted by Crippen LogP contribution is 2.06. The van der Waals surface area contributed by atoms with Crippen LogP contribution in [0.1, 0.15) is 18.4 Å². The Kier molecular flexibility index (Phi) is 5.05. The Hall–Kier alpha value is -1.34. The van der Waals surface area contributed by atoms with Crippen LogP contribution in [0.5, 0.6) is 0 Å². The van der Waals surface area contributed by atoms with E-state index in [2.05, 4.69) is 60.7 Å². The van der Waals surface area contributed by atoms with Gasteiger partial charge < -0.3 is 0 Å². The lowest BCUT2D eigenvalue weighted by Gasteiger charge is -2.01. The van der Waals surface area contributed by atoms with Crippen molar-refractivity contribution in [1.82, 2.24) is 0 Å². The fraction of sp³-hybridized carbons (Fsp3) is 0.250. The topological polar surface area (TPSA) is 0 Å². The zero-order valence-electron chi connectivity index (χ0n) is 10.1. The van der Waals surface area contributed by atoms with Crippen molar-refractivity contribution in [3.8, 4) is 0 Å². The molecule has 1 heteroatoms. The highest BCUT2D eigenvalue weighted by atomic mass is 28.2. The predicted octanol–water partition coefficient (Wildman–Crippen LogP) is 3.46. The summed E-state index contributed by atoms with van der Waals surface area (Å²) in [6, 6.07) is 22.9. The molecule has 0 heterocycles. The van der Waals surface area contributed by atoms with Crippen molar-refractivity contribution in [3.05, 3.63) is 66.2 Å². The van der Waals surface area contributed by atoms with Gasteiger partial charge in [0.05, 0.1) is 9.52 Å². The van der Waals surface area contributed by atoms with Crippen molar-refractivity contribution in [2.75, 3.05) is 0 Å². The largest absolute Gasteiger partial charge is 0.0807 e. The van der Waals surface area contributed by atoms with E-state index in [4.69, 9.17) is 0 Å². The molecule has 0 amide bonds. The Morgan fingerprint density at radius 3 is 2.06 bits per heavy atom. The number of hydrogen-bond donors (Lipinski definition) is 0. The van der Waals surface area contributed by atoms with Crippen molar-refractivity contribution in [3.63, 3.8) is 0 Å². The zero-order chi connectivity index (χ0) is 11.8. The van der Waals surface area contributed by atoms with Crippen LogP contribution in [0, 0.1) is 0 Å². The van der Waals surface area contributed by atoms with E-state index >= 15 is 0 Å². The lowest BCUT2D eigenvalue weighted by Crippen LogP contribution is -2.12. The summed E-state index contributed by atoms with van der Waals surface area (Å²) in [4.78, 5) is 0. The molecule has 2 rings (SSSR count). The van der Waals surface area contributed by atoms with E-state index in [1.807, 2.05) is 0 Å². The van der Waals surface area contributed by atoms with Crippen molar-refractivity contribution in [2.45, 2.75) is 25.3 Å². The van der Waals surface area contributed by atoms with Crippen molar-refractivity contribution in [2.24, 2.45) is 0 Å². The van der Waals surface area contributed by atoms with Gasteiger partial charge in [0, 0.05) is 0 Å². The van der Waals surface area contributed by atoms with E-state index in [0.29, 0.717) is 0 Å². The maximum absolute atomic E-state index is 2.23. The van der Waals surface area contributed by atoms with E-state index in [1.165, 1.54) is 36.1 Å². The van der Waals surface area contributed by atoms with Gasteiger partial charge in [0.1, 0.15) is 0 Å². The van der Waals surface area contributed by atoms with Crippen LogP contribution < -0.4 is 5.19 Å². The van der Waals surface area contributed by atoms with E-state index in [0.717, 1.165) is 9.52 Å². The molecule has 0 saturated carbocycles. The zero-order valence-corrected chi connectivity index (χ0v) is 11.1. The maximum atomic E-state index is 2.23. The van der Waals surface area contributed by atoms with Crippen LogP contribution in [-0.4, -0.2) is 9.52 Å². The molecular weight excluding hydrogens is 220 g/mol. The molecule has 0 aliphatic heterocycles. The second-order valence-electron chi connectivity index (χ2n) is 4.24. The number of benzene rings is 2. The van der Waals surface area contributed by atoms with Crippen LogP contribution in [0.25, 0.3) is 0 Å². The fourth-order valence-electron chi connectivity index (χ4n) is 1.89. The van der Waals surface area contributed by atoms with Gasteiger partial charge in [-0.1, -0.05) is 78.3 Å². The number of rotatable bonds is 6. The Bertz CT molecular complexity index is 367. The van der Waals surface area contributed by atoms with Crippen molar-refractivity contribution in [1.29, 1.82) is 0 Å². The van der Waals surface area contributed by atoms with Gasteiger partial charge in [0.15, 0.2) is 0 Å². The Morgan fingerprint density at radius 1 is 0.706 bits per heavy atom. The van der Waals surface area contributed by atoms with Gasteiger partial charge in [0.25, 0.3) is 0 Å². The maximum Gasteiger partial charge on any atom is 0.0807 e. The van der Waals surface area contributed by atoms with E-state index in [9.17, 15) is 0 Å². The Balaban J connectivity index is 1.61. The molecule has 86 valence electrons. The highest BCUT2D eigenvalue weighted by molar-refractivity contribution is 6.53. The molecule has 0 fully saturated rings. The summed E-state index contributed by atoms with van der Waals surface area (Å²) in [6.45, 7) is 0. The summed E-state index contributed by atoms with van der Waals surface area (Å²) in [6.07, 6.45) is 3.87. The molecule has 0 saturated heterocycles. The molecule has 2 aromatic rings. The molecule has 17 heavy (non-hydrogen) atoms. The summed E-state index contributed by atoms with van der Waals surface area (Å²) in [5.74, 6) is 0. The molecule has 0 spiro atoms. The van der Waals surface area contributed by atoms with Crippen LogP contribution in [0.3, 0.4) is 0 Å². The molecule has 0 atom stereocenters. The first-order valence-electron chi connectivity index (χ1n) is 6.28. The minimum absolute atomic E-state index is 0.972. The van der Waals surface area contributed by atoms with Crippen LogP contribution in [0.15, 0.2) is 60.7 Å². The second kappa shape index (κ2) is 7.07. The highest BCUT2D eigenvalue weighted by Gasteiger charge is 1.95. The van der Waals surface area contributed by atoms with Crippen LogP contribution in [-0.2, 0) is 6.42 Å². The summed E-state index contributed by atoms with van der Waals surface area (Å²) >= 11 is 0. The summed E-state index contributed by atoms with van der Waals surface area (Å²) in [5, 5.41) is 1.49. The van der Waals surface area contributed by atoms with Gasteiger partial charge >= 0.3 is 0 Å². The monoisotopic (exact) mass is 238 g/mol. The van der Waals surface area contributed by atoms with Crippen LogP contribution >= 0.6 is 0 Å². The fourth-order valence-corrected chi connectivity index (χ4v) is 3.03. The first-order chi connectivity index (χ1) is 8.45. The average Bonchev–Trinajstić information content (AvgIpc) is 2.41. The van der Waals surface area contributed by atoms with Crippen LogP contribution in [0.4, 0.5) is 0 Å². The molecule has 0 aromatic heterocycles. The molecule has 0 nitrogen and oxygen atoms in total. The lowest BCUT2D eigenvalue weighted by atomic mass is 10.1. The SMILES string of the molecule is c1ccc(CCCC[Si]c2ccccc2)cc1. The van der Waals surface area contributed by atoms with Gasteiger partial charge in [-0.3, -0.25) is 0 Å². The molecule has 0 bridgehead atoms. The van der Waals surface area contributed by atoms with E-state index in [-0.39, 0.29) is 0 Å². The second-order valence-corrected chi connectivity index (χ2v) is 5.67. The molecular formula is C16H18Si. The van der Waals surface area contributed by atoms with E-state index < -0.39 is 0 Å². The first kappa shape index (κ1) is 12.1. The molecule has 0 unspecified atom stereocenters. The normalized spacial score (nSPS) is 10.4. The minimum atomic E-state index is 0.972. The average molecular weight is 238 g/mol. The van der Waals surface area contributed by atoms with Gasteiger partial charge in [-0.15, -0.1) is 0 Å². The smallest absolute Gasteiger partial charge is 0.0642 e. The molecule has 0 N–H and O–H groups in total. The summed E-state index contributed by atoms with van der Waals surface area (Å²) in [5.41, 5.74) is 1.47. The predicted molar refractivity (Wildman–Crippen MR) is 76.0 cm³/mol. The lowest BCUT2D eigenvalue weighted by molar-refractivity contribution is 0.792. The number of unbranched alkanes of at least 4 members (excludes halogenated alkanes) is 1. The molecule has 2 radical (unpaired) electrons. The Labute approximate surface area is 107 Å². The number of aryl methyl sites for hydroxylation is 1. The minimum Gasteiger partial charge on any atom is -0.0642 e. The van der Waals surface area contributed by atoms with Gasteiger partial charge in [0.2, 0.25) is 0 Å².